The number of aliphatic hydroxyl groups excluding tert-OH is 1. The fraction of sp³-hybridized carbons (Fsp3) is 1.00. The van der Waals surface area contributed by atoms with Gasteiger partial charge < -0.3 is 15.2 Å². The highest BCUT2D eigenvalue weighted by Crippen LogP contribution is 2.15. The van der Waals surface area contributed by atoms with Crippen LogP contribution in [0.25, 0.3) is 0 Å². The molecule has 1 saturated heterocycles. The van der Waals surface area contributed by atoms with E-state index in [1.807, 2.05) is 0 Å². The van der Waals surface area contributed by atoms with E-state index in [1.165, 1.54) is 0 Å². The van der Waals surface area contributed by atoms with E-state index in [1.54, 1.807) is 0 Å². The zero-order valence-corrected chi connectivity index (χ0v) is 11.7. The van der Waals surface area contributed by atoms with Crippen molar-refractivity contribution in [1.29, 1.82) is 0 Å². The second-order valence-electron chi connectivity index (χ2n) is 5.57. The Morgan fingerprint density at radius 2 is 2.18 bits per heavy atom. The van der Waals surface area contributed by atoms with Crippen molar-refractivity contribution in [2.45, 2.75) is 51.8 Å². The molecule has 1 fully saturated rings. The van der Waals surface area contributed by atoms with Crippen molar-refractivity contribution in [2.24, 2.45) is 0 Å². The number of ether oxygens (including phenoxy) is 1. The first-order valence-corrected chi connectivity index (χ1v) is 6.72. The van der Waals surface area contributed by atoms with E-state index in [0.717, 1.165) is 32.7 Å². The van der Waals surface area contributed by atoms with Crippen molar-refractivity contribution >= 4 is 0 Å². The van der Waals surface area contributed by atoms with Crippen LogP contribution in [-0.2, 0) is 4.74 Å². The van der Waals surface area contributed by atoms with Crippen molar-refractivity contribution in [3.8, 4) is 0 Å². The highest BCUT2D eigenvalue weighted by molar-refractivity contribution is 4.89. The zero-order valence-electron chi connectivity index (χ0n) is 11.7. The molecule has 4 heteroatoms. The van der Waals surface area contributed by atoms with E-state index in [-0.39, 0.29) is 12.1 Å². The van der Waals surface area contributed by atoms with Gasteiger partial charge in [-0.1, -0.05) is 6.92 Å². The van der Waals surface area contributed by atoms with E-state index in [2.05, 4.69) is 37.9 Å². The van der Waals surface area contributed by atoms with Crippen LogP contribution in [-0.4, -0.2) is 60.5 Å². The van der Waals surface area contributed by atoms with Gasteiger partial charge >= 0.3 is 0 Å². The molecule has 0 saturated carbocycles. The number of aliphatic hydroxyl groups is 1. The Labute approximate surface area is 105 Å². The summed E-state index contributed by atoms with van der Waals surface area (Å²) in [5.41, 5.74) is -0.207. The molecule has 17 heavy (non-hydrogen) atoms. The molecule has 0 aliphatic carbocycles. The van der Waals surface area contributed by atoms with Gasteiger partial charge in [-0.05, 0) is 33.7 Å². The Bertz CT molecular complexity index is 225. The number of nitrogens with zero attached hydrogens (tertiary/aromatic N) is 1. The molecular weight excluding hydrogens is 216 g/mol. The van der Waals surface area contributed by atoms with E-state index < -0.39 is 0 Å². The van der Waals surface area contributed by atoms with Crippen LogP contribution in [0.15, 0.2) is 0 Å². The van der Waals surface area contributed by atoms with Crippen LogP contribution in [0.3, 0.4) is 0 Å². The number of morpholine rings is 1. The van der Waals surface area contributed by atoms with Gasteiger partial charge in [0.25, 0.3) is 0 Å². The largest absolute Gasteiger partial charge is 0.394 e. The smallest absolute Gasteiger partial charge is 0.0674 e. The van der Waals surface area contributed by atoms with Crippen LogP contribution < -0.4 is 5.32 Å². The minimum Gasteiger partial charge on any atom is -0.394 e. The summed E-state index contributed by atoms with van der Waals surface area (Å²) in [5.74, 6) is 0. The molecule has 102 valence electrons. The summed E-state index contributed by atoms with van der Waals surface area (Å²) in [7, 11) is 0. The molecule has 1 aliphatic heterocycles. The molecule has 0 radical (unpaired) electrons. The van der Waals surface area contributed by atoms with Crippen LogP contribution in [0.1, 0.15) is 34.1 Å². The molecule has 0 bridgehead atoms. The van der Waals surface area contributed by atoms with Crippen molar-refractivity contribution in [1.82, 2.24) is 10.2 Å². The van der Waals surface area contributed by atoms with Gasteiger partial charge in [0.15, 0.2) is 0 Å². The maximum absolute atomic E-state index is 9.57. The fourth-order valence-electron chi connectivity index (χ4n) is 2.23. The van der Waals surface area contributed by atoms with Crippen molar-refractivity contribution in [2.75, 3.05) is 32.8 Å². The third kappa shape index (κ3) is 4.54. The molecule has 3 unspecified atom stereocenters. The van der Waals surface area contributed by atoms with Gasteiger partial charge in [-0.25, -0.2) is 0 Å². The van der Waals surface area contributed by atoms with Crippen molar-refractivity contribution < 1.29 is 9.84 Å². The van der Waals surface area contributed by atoms with Gasteiger partial charge in [-0.15, -0.1) is 0 Å². The van der Waals surface area contributed by atoms with E-state index in [4.69, 9.17) is 4.74 Å². The molecule has 0 aromatic rings. The summed E-state index contributed by atoms with van der Waals surface area (Å²) in [6, 6.07) is 0.431. The van der Waals surface area contributed by atoms with Gasteiger partial charge in [0.1, 0.15) is 0 Å². The first kappa shape index (κ1) is 14.9. The molecule has 0 aromatic carbocycles. The molecule has 1 rings (SSSR count). The maximum atomic E-state index is 9.57. The van der Waals surface area contributed by atoms with Crippen LogP contribution >= 0.6 is 0 Å². The van der Waals surface area contributed by atoms with Gasteiger partial charge in [0.05, 0.1) is 24.9 Å². The normalized spacial score (nSPS) is 30.2. The Morgan fingerprint density at radius 1 is 1.47 bits per heavy atom. The summed E-state index contributed by atoms with van der Waals surface area (Å²) in [6.07, 6.45) is 1.38. The molecule has 0 amide bonds. The van der Waals surface area contributed by atoms with Gasteiger partial charge in [0.2, 0.25) is 0 Å². The first-order valence-electron chi connectivity index (χ1n) is 6.72. The second-order valence-corrected chi connectivity index (χ2v) is 5.57. The lowest BCUT2D eigenvalue weighted by molar-refractivity contribution is -0.0604. The topological polar surface area (TPSA) is 44.7 Å². The Morgan fingerprint density at radius 3 is 2.76 bits per heavy atom. The predicted molar refractivity (Wildman–Crippen MR) is 70.2 cm³/mol. The number of nitrogens with one attached hydrogen (secondary N) is 1. The molecule has 1 aliphatic rings. The van der Waals surface area contributed by atoms with Crippen LogP contribution in [0.2, 0.25) is 0 Å². The third-order valence-electron chi connectivity index (χ3n) is 3.44. The monoisotopic (exact) mass is 244 g/mol. The zero-order chi connectivity index (χ0) is 12.9. The average molecular weight is 244 g/mol. The highest BCUT2D eigenvalue weighted by Gasteiger charge is 2.31. The van der Waals surface area contributed by atoms with Crippen LogP contribution in [0, 0.1) is 0 Å². The Kier molecular flexibility index (Phi) is 5.86. The number of hydrogen-bond acceptors (Lipinski definition) is 4. The molecule has 1 heterocycles. The van der Waals surface area contributed by atoms with Gasteiger partial charge in [-0.3, -0.25) is 4.90 Å². The minimum atomic E-state index is -0.207. The van der Waals surface area contributed by atoms with Crippen molar-refractivity contribution in [3.05, 3.63) is 0 Å². The van der Waals surface area contributed by atoms with Crippen LogP contribution in [0.4, 0.5) is 0 Å². The second kappa shape index (κ2) is 6.69. The van der Waals surface area contributed by atoms with Gasteiger partial charge in [-0.2, -0.15) is 0 Å². The van der Waals surface area contributed by atoms with E-state index >= 15 is 0 Å². The standard InChI is InChI=1S/C13H28N2O2/c1-5-6-14-13(4,10-16)9-15-7-12(3)17-8-11(15)2/h11-12,14,16H,5-10H2,1-4H3. The molecular formula is C13H28N2O2. The lowest BCUT2D eigenvalue weighted by Gasteiger charge is -2.42. The molecule has 4 nitrogen and oxygen atoms in total. The highest BCUT2D eigenvalue weighted by atomic mass is 16.5. The summed E-state index contributed by atoms with van der Waals surface area (Å²) in [5, 5.41) is 13.0. The Balaban J connectivity index is 2.53. The molecule has 0 spiro atoms. The lowest BCUT2D eigenvalue weighted by atomic mass is 10.0. The molecule has 3 atom stereocenters. The van der Waals surface area contributed by atoms with Gasteiger partial charge in [0, 0.05) is 19.1 Å². The lowest BCUT2D eigenvalue weighted by Crippen LogP contribution is -2.59. The molecule has 2 N–H and O–H groups in total. The number of hydrogen-bond donors (Lipinski definition) is 2. The summed E-state index contributed by atoms with van der Waals surface area (Å²) >= 11 is 0. The van der Waals surface area contributed by atoms with Crippen LogP contribution in [0.5, 0.6) is 0 Å². The fourth-order valence-corrected chi connectivity index (χ4v) is 2.23. The summed E-state index contributed by atoms with van der Waals surface area (Å²) in [6.45, 7) is 12.3. The summed E-state index contributed by atoms with van der Waals surface area (Å²) in [4.78, 5) is 2.41. The SMILES string of the molecule is CCCNC(C)(CO)CN1CC(C)OCC1C. The first-order chi connectivity index (χ1) is 8.00. The average Bonchev–Trinajstić information content (AvgIpc) is 2.31. The van der Waals surface area contributed by atoms with E-state index in [9.17, 15) is 5.11 Å². The van der Waals surface area contributed by atoms with E-state index in [0.29, 0.717) is 12.1 Å². The predicted octanol–water partition coefficient (Wildman–Crippen LogP) is 0.846. The quantitative estimate of drug-likeness (QED) is 0.727. The van der Waals surface area contributed by atoms with Crippen molar-refractivity contribution in [3.63, 3.8) is 0 Å². The molecule has 0 aromatic heterocycles. The minimum absolute atomic E-state index is 0.172. The summed E-state index contributed by atoms with van der Waals surface area (Å²) < 4.78 is 5.63. The maximum Gasteiger partial charge on any atom is 0.0674 e. The third-order valence-corrected chi connectivity index (χ3v) is 3.44. The Hall–Kier alpha value is -0.160. The number of rotatable bonds is 6.